The number of fused-ring (bicyclic) bond motifs is 2. The summed E-state index contributed by atoms with van der Waals surface area (Å²) in [5.41, 5.74) is 0.888. The standard InChI is InChI=1S/C15H24/c1-3-4-15-7-13-10-6-11(13)12(5-9(10)2)14(15)8-15/h9-14H,3-8H2,1-2H3/t9?,10-,11+,12-,13+,14?,15-/m0/s1. The van der Waals surface area contributed by atoms with E-state index in [9.17, 15) is 0 Å². The summed E-state index contributed by atoms with van der Waals surface area (Å²) in [5, 5.41) is 0. The minimum absolute atomic E-state index is 0.888. The average molecular weight is 204 g/mol. The Morgan fingerprint density at radius 1 is 1.00 bits per heavy atom. The first kappa shape index (κ1) is 9.07. The fourth-order valence-corrected chi connectivity index (χ4v) is 6.05. The summed E-state index contributed by atoms with van der Waals surface area (Å²) in [6.07, 6.45) is 9.47. The largest absolute Gasteiger partial charge is 0.0654 e. The summed E-state index contributed by atoms with van der Waals surface area (Å²) in [4.78, 5) is 0. The van der Waals surface area contributed by atoms with Crippen molar-refractivity contribution in [1.82, 2.24) is 0 Å². The van der Waals surface area contributed by atoms with E-state index in [0.717, 1.165) is 17.3 Å². The maximum absolute atomic E-state index is 2.54. The highest BCUT2D eigenvalue weighted by Gasteiger charge is 2.69. The Morgan fingerprint density at radius 3 is 2.60 bits per heavy atom. The molecule has 5 rings (SSSR count). The van der Waals surface area contributed by atoms with Gasteiger partial charge in [0, 0.05) is 0 Å². The van der Waals surface area contributed by atoms with Gasteiger partial charge in [0.05, 0.1) is 0 Å². The van der Waals surface area contributed by atoms with E-state index in [0.29, 0.717) is 0 Å². The van der Waals surface area contributed by atoms with Crippen LogP contribution in [0.5, 0.6) is 0 Å². The molecule has 0 spiro atoms. The van der Waals surface area contributed by atoms with E-state index >= 15 is 0 Å². The molecule has 0 nitrogen and oxygen atoms in total. The predicted octanol–water partition coefficient (Wildman–Crippen LogP) is 4.10. The second-order valence-corrected chi connectivity index (χ2v) is 7.23. The summed E-state index contributed by atoms with van der Waals surface area (Å²) in [7, 11) is 0. The highest BCUT2D eigenvalue weighted by molar-refractivity contribution is 5.18. The van der Waals surface area contributed by atoms with E-state index in [4.69, 9.17) is 0 Å². The molecule has 7 atom stereocenters. The van der Waals surface area contributed by atoms with Gasteiger partial charge < -0.3 is 0 Å². The molecule has 0 N–H and O–H groups in total. The first-order valence-corrected chi connectivity index (χ1v) is 7.25. The molecule has 5 aliphatic carbocycles. The van der Waals surface area contributed by atoms with Crippen LogP contribution >= 0.6 is 0 Å². The summed E-state index contributed by atoms with van der Waals surface area (Å²) in [5.74, 6) is 6.97. The topological polar surface area (TPSA) is 0 Å². The minimum Gasteiger partial charge on any atom is -0.0654 e. The maximum Gasteiger partial charge on any atom is -0.0261 e. The van der Waals surface area contributed by atoms with E-state index in [1.54, 1.807) is 32.1 Å². The van der Waals surface area contributed by atoms with Gasteiger partial charge in [0.15, 0.2) is 0 Å². The molecular formula is C15H24. The average Bonchev–Trinajstić information content (AvgIpc) is 2.88. The van der Waals surface area contributed by atoms with Crippen LogP contribution < -0.4 is 0 Å². The molecule has 4 bridgehead atoms. The minimum atomic E-state index is 0.888. The number of hydrogen-bond acceptors (Lipinski definition) is 0. The van der Waals surface area contributed by atoms with E-state index < -0.39 is 0 Å². The van der Waals surface area contributed by atoms with Crippen molar-refractivity contribution in [3.05, 3.63) is 0 Å². The van der Waals surface area contributed by atoms with Crippen LogP contribution in [0.3, 0.4) is 0 Å². The molecule has 84 valence electrons. The quantitative estimate of drug-likeness (QED) is 0.635. The van der Waals surface area contributed by atoms with Crippen LogP contribution in [0.4, 0.5) is 0 Å². The van der Waals surface area contributed by atoms with Gasteiger partial charge in [-0.2, -0.15) is 0 Å². The Balaban J connectivity index is 1.62. The number of hydrogen-bond donors (Lipinski definition) is 0. The van der Waals surface area contributed by atoms with Crippen molar-refractivity contribution in [3.8, 4) is 0 Å². The Labute approximate surface area is 93.8 Å². The molecule has 0 heterocycles. The lowest BCUT2D eigenvalue weighted by Gasteiger charge is -2.61. The smallest absolute Gasteiger partial charge is 0.0261 e. The monoisotopic (exact) mass is 204 g/mol. The lowest BCUT2D eigenvalue weighted by atomic mass is 9.44. The molecule has 5 saturated carbocycles. The first-order chi connectivity index (χ1) is 7.25. The van der Waals surface area contributed by atoms with Crippen LogP contribution in [0.1, 0.15) is 52.4 Å². The predicted molar refractivity (Wildman–Crippen MR) is 62.4 cm³/mol. The van der Waals surface area contributed by atoms with E-state index in [1.807, 2.05) is 0 Å². The van der Waals surface area contributed by atoms with Crippen LogP contribution in [0, 0.1) is 40.9 Å². The molecule has 2 unspecified atom stereocenters. The van der Waals surface area contributed by atoms with Crippen molar-refractivity contribution < 1.29 is 0 Å². The summed E-state index contributed by atoms with van der Waals surface area (Å²) >= 11 is 0. The highest BCUT2D eigenvalue weighted by Crippen LogP contribution is 2.76. The Hall–Kier alpha value is 0. The molecule has 0 saturated heterocycles. The summed E-state index contributed by atoms with van der Waals surface area (Å²) in [6, 6.07) is 0. The van der Waals surface area contributed by atoms with Gasteiger partial charge in [-0.25, -0.2) is 0 Å². The molecular weight excluding hydrogens is 180 g/mol. The summed E-state index contributed by atoms with van der Waals surface area (Å²) in [6.45, 7) is 4.92. The van der Waals surface area contributed by atoms with Gasteiger partial charge in [0.2, 0.25) is 0 Å². The van der Waals surface area contributed by atoms with Gasteiger partial charge in [-0.3, -0.25) is 0 Å². The van der Waals surface area contributed by atoms with Crippen LogP contribution in [0.15, 0.2) is 0 Å². The zero-order valence-corrected chi connectivity index (χ0v) is 10.2. The molecule has 0 amide bonds. The third-order valence-corrected chi connectivity index (χ3v) is 6.73. The molecule has 0 aromatic heterocycles. The van der Waals surface area contributed by atoms with Crippen molar-refractivity contribution in [2.45, 2.75) is 52.4 Å². The van der Waals surface area contributed by atoms with Crippen molar-refractivity contribution in [1.29, 1.82) is 0 Å². The van der Waals surface area contributed by atoms with Crippen LogP contribution in [0.2, 0.25) is 0 Å². The molecule has 0 aromatic rings. The highest BCUT2D eigenvalue weighted by atomic mass is 14.7. The van der Waals surface area contributed by atoms with Gasteiger partial charge in [0.25, 0.3) is 0 Å². The van der Waals surface area contributed by atoms with Crippen molar-refractivity contribution >= 4 is 0 Å². The zero-order chi connectivity index (χ0) is 10.2. The van der Waals surface area contributed by atoms with Crippen molar-refractivity contribution in [2.24, 2.45) is 40.9 Å². The normalized spacial score (nSPS) is 64.4. The maximum atomic E-state index is 2.54. The van der Waals surface area contributed by atoms with E-state index in [1.165, 1.54) is 30.1 Å². The third kappa shape index (κ3) is 0.953. The van der Waals surface area contributed by atoms with Gasteiger partial charge in [-0.15, -0.1) is 0 Å². The van der Waals surface area contributed by atoms with Crippen LogP contribution in [-0.4, -0.2) is 0 Å². The lowest BCUT2D eigenvalue weighted by Crippen LogP contribution is -2.54. The second-order valence-electron chi connectivity index (χ2n) is 7.23. The molecule has 0 heteroatoms. The fourth-order valence-electron chi connectivity index (χ4n) is 6.05. The fraction of sp³-hybridized carbons (Fsp3) is 1.00. The van der Waals surface area contributed by atoms with Crippen molar-refractivity contribution in [2.75, 3.05) is 0 Å². The van der Waals surface area contributed by atoms with Crippen LogP contribution in [0.25, 0.3) is 0 Å². The van der Waals surface area contributed by atoms with Gasteiger partial charge in [-0.05, 0) is 73.0 Å². The first-order valence-electron chi connectivity index (χ1n) is 7.25. The molecule has 0 aromatic carbocycles. The van der Waals surface area contributed by atoms with Crippen molar-refractivity contribution in [3.63, 3.8) is 0 Å². The van der Waals surface area contributed by atoms with Crippen LogP contribution in [-0.2, 0) is 0 Å². The molecule has 0 aliphatic heterocycles. The third-order valence-electron chi connectivity index (χ3n) is 6.73. The molecule has 15 heavy (non-hydrogen) atoms. The van der Waals surface area contributed by atoms with E-state index in [-0.39, 0.29) is 0 Å². The lowest BCUT2D eigenvalue weighted by molar-refractivity contribution is -0.123. The van der Waals surface area contributed by atoms with Gasteiger partial charge >= 0.3 is 0 Å². The number of rotatable bonds is 2. The van der Waals surface area contributed by atoms with Gasteiger partial charge in [0.1, 0.15) is 0 Å². The molecule has 5 aliphatic rings. The molecule has 5 fully saturated rings. The Bertz CT molecular complexity index is 294. The van der Waals surface area contributed by atoms with Gasteiger partial charge in [-0.1, -0.05) is 20.3 Å². The van der Waals surface area contributed by atoms with E-state index in [2.05, 4.69) is 13.8 Å². The molecule has 0 radical (unpaired) electrons. The summed E-state index contributed by atoms with van der Waals surface area (Å²) < 4.78 is 0. The Morgan fingerprint density at radius 2 is 1.87 bits per heavy atom. The SMILES string of the molecule is CCC[C@]12CC1[C@H]1CC(C)[C@@H]3C[C@H]1[C@@H]3C2. The second kappa shape index (κ2) is 2.63. The Kier molecular flexibility index (Phi) is 1.59. The zero-order valence-electron chi connectivity index (χ0n) is 10.2.